The third kappa shape index (κ3) is 23.1. The van der Waals surface area contributed by atoms with Gasteiger partial charge in [0.05, 0.1) is 0 Å². The zero-order valence-electron chi connectivity index (χ0n) is 23.2. The second kappa shape index (κ2) is 25.6. The van der Waals surface area contributed by atoms with E-state index in [1.807, 2.05) is 0 Å². The number of hydrogen-bond donors (Lipinski definition) is 1. The molecule has 1 heteroatoms. The molecule has 0 aliphatic rings. The van der Waals surface area contributed by atoms with E-state index in [9.17, 15) is 0 Å². The van der Waals surface area contributed by atoms with Gasteiger partial charge in [0.2, 0.25) is 0 Å². The zero-order valence-corrected chi connectivity index (χ0v) is 23.2. The zero-order chi connectivity index (χ0) is 23.6. The Morgan fingerprint density at radius 2 is 0.562 bits per heavy atom. The summed E-state index contributed by atoms with van der Waals surface area (Å²) in [6.07, 6.45) is 38.0. The largest absolute Gasteiger partial charge is 0.325 e. The molecule has 0 unspecified atom stereocenters. The maximum atomic E-state index is 6.76. The van der Waals surface area contributed by atoms with Crippen LogP contribution in [-0.4, -0.2) is 5.54 Å². The maximum Gasteiger partial charge on any atom is 0.0151 e. The molecule has 2 N–H and O–H groups in total. The first kappa shape index (κ1) is 32.0. The average molecular weight is 452 g/mol. The van der Waals surface area contributed by atoms with E-state index < -0.39 is 0 Å². The summed E-state index contributed by atoms with van der Waals surface area (Å²) in [4.78, 5) is 0. The first-order chi connectivity index (χ1) is 15.7. The molecule has 0 radical (unpaired) electrons. The molecule has 0 saturated carbocycles. The van der Waals surface area contributed by atoms with Gasteiger partial charge in [-0.25, -0.2) is 0 Å². The second-order valence-electron chi connectivity index (χ2n) is 11.0. The van der Waals surface area contributed by atoms with Gasteiger partial charge < -0.3 is 5.73 Å². The molecule has 0 saturated heterocycles. The smallest absolute Gasteiger partial charge is 0.0151 e. The van der Waals surface area contributed by atoms with Crippen molar-refractivity contribution >= 4 is 0 Å². The Hall–Kier alpha value is -0.0400. The Kier molecular flexibility index (Phi) is 25.5. The molecular weight excluding hydrogens is 386 g/mol. The molecular formula is C31H65N. The Labute approximate surface area is 205 Å². The minimum absolute atomic E-state index is 0.122. The summed E-state index contributed by atoms with van der Waals surface area (Å²) in [7, 11) is 0. The fourth-order valence-electron chi connectivity index (χ4n) is 5.11. The summed E-state index contributed by atoms with van der Waals surface area (Å²) >= 11 is 0. The highest BCUT2D eigenvalue weighted by Crippen LogP contribution is 2.24. The van der Waals surface area contributed by atoms with Gasteiger partial charge in [-0.3, -0.25) is 0 Å². The molecule has 0 fully saturated rings. The number of unbranched alkanes of at least 4 members (excludes halogenated alkanes) is 22. The van der Waals surface area contributed by atoms with Gasteiger partial charge in [-0.05, 0) is 19.3 Å². The normalized spacial score (nSPS) is 12.0. The molecule has 0 aliphatic heterocycles. The first-order valence-electron chi connectivity index (χ1n) is 15.5. The topological polar surface area (TPSA) is 26.0 Å². The van der Waals surface area contributed by atoms with Crippen LogP contribution in [0.5, 0.6) is 0 Å². The van der Waals surface area contributed by atoms with Crippen LogP contribution in [0, 0.1) is 0 Å². The van der Waals surface area contributed by atoms with Gasteiger partial charge in [0.1, 0.15) is 0 Å². The first-order valence-corrected chi connectivity index (χ1v) is 15.5. The molecule has 32 heavy (non-hydrogen) atoms. The van der Waals surface area contributed by atoms with Crippen LogP contribution in [0.3, 0.4) is 0 Å². The highest BCUT2D eigenvalue weighted by atomic mass is 14.7. The van der Waals surface area contributed by atoms with Crippen molar-refractivity contribution in [1.29, 1.82) is 0 Å². The standard InChI is InChI=1S/C31H65N/c1-4-7-9-11-13-15-17-19-21-23-25-27-29-31(32,6-3)30-28-26-24-22-20-18-16-14-12-10-8-5-2/h4-30,32H2,1-3H3. The molecule has 0 aliphatic carbocycles. The molecule has 0 bridgehead atoms. The molecule has 0 atom stereocenters. The monoisotopic (exact) mass is 452 g/mol. The average Bonchev–Trinajstić information content (AvgIpc) is 2.80. The lowest BCUT2D eigenvalue weighted by atomic mass is 9.85. The number of rotatable bonds is 27. The molecule has 0 aromatic heterocycles. The van der Waals surface area contributed by atoms with E-state index in [0.29, 0.717) is 0 Å². The Morgan fingerprint density at radius 1 is 0.344 bits per heavy atom. The van der Waals surface area contributed by atoms with E-state index in [-0.39, 0.29) is 5.54 Å². The fourth-order valence-corrected chi connectivity index (χ4v) is 5.11. The van der Waals surface area contributed by atoms with Gasteiger partial charge in [-0.15, -0.1) is 0 Å². The van der Waals surface area contributed by atoms with E-state index in [1.165, 1.54) is 167 Å². The van der Waals surface area contributed by atoms with Crippen LogP contribution < -0.4 is 5.73 Å². The Morgan fingerprint density at radius 3 is 0.781 bits per heavy atom. The molecule has 0 amide bonds. The van der Waals surface area contributed by atoms with Gasteiger partial charge >= 0.3 is 0 Å². The van der Waals surface area contributed by atoms with Crippen molar-refractivity contribution in [2.24, 2.45) is 5.73 Å². The molecule has 0 heterocycles. The quantitative estimate of drug-likeness (QED) is 0.123. The fraction of sp³-hybridized carbons (Fsp3) is 1.00. The minimum atomic E-state index is 0.122. The van der Waals surface area contributed by atoms with Crippen molar-refractivity contribution in [3.05, 3.63) is 0 Å². The third-order valence-electron chi connectivity index (χ3n) is 7.76. The summed E-state index contributed by atoms with van der Waals surface area (Å²) < 4.78 is 0. The number of hydrogen-bond acceptors (Lipinski definition) is 1. The molecule has 0 aromatic rings. The summed E-state index contributed by atoms with van der Waals surface area (Å²) in [5.74, 6) is 0. The minimum Gasteiger partial charge on any atom is -0.325 e. The van der Waals surface area contributed by atoms with Gasteiger partial charge in [-0.1, -0.05) is 175 Å². The molecule has 0 aromatic carbocycles. The Balaban J connectivity index is 3.43. The molecule has 1 nitrogen and oxygen atoms in total. The van der Waals surface area contributed by atoms with E-state index in [2.05, 4.69) is 20.8 Å². The van der Waals surface area contributed by atoms with Crippen LogP contribution in [0.4, 0.5) is 0 Å². The van der Waals surface area contributed by atoms with Crippen molar-refractivity contribution in [3.63, 3.8) is 0 Å². The summed E-state index contributed by atoms with van der Waals surface area (Å²) in [5, 5.41) is 0. The van der Waals surface area contributed by atoms with E-state index >= 15 is 0 Å². The van der Waals surface area contributed by atoms with Crippen molar-refractivity contribution in [2.45, 2.75) is 200 Å². The summed E-state index contributed by atoms with van der Waals surface area (Å²) in [6, 6.07) is 0. The third-order valence-corrected chi connectivity index (χ3v) is 7.76. The van der Waals surface area contributed by atoms with Crippen LogP contribution in [-0.2, 0) is 0 Å². The van der Waals surface area contributed by atoms with Crippen LogP contribution >= 0.6 is 0 Å². The number of nitrogens with two attached hydrogens (primary N) is 1. The molecule has 194 valence electrons. The van der Waals surface area contributed by atoms with Crippen molar-refractivity contribution in [2.75, 3.05) is 0 Å². The summed E-state index contributed by atoms with van der Waals surface area (Å²) in [6.45, 7) is 6.91. The lowest BCUT2D eigenvalue weighted by Crippen LogP contribution is -2.38. The lowest BCUT2D eigenvalue weighted by Gasteiger charge is -2.28. The van der Waals surface area contributed by atoms with Crippen molar-refractivity contribution in [3.8, 4) is 0 Å². The van der Waals surface area contributed by atoms with Crippen LogP contribution in [0.1, 0.15) is 194 Å². The Bertz CT molecular complexity index is 309. The van der Waals surface area contributed by atoms with E-state index in [4.69, 9.17) is 5.73 Å². The van der Waals surface area contributed by atoms with Crippen LogP contribution in [0.15, 0.2) is 0 Å². The van der Waals surface area contributed by atoms with Gasteiger partial charge in [0.25, 0.3) is 0 Å². The van der Waals surface area contributed by atoms with Crippen molar-refractivity contribution < 1.29 is 0 Å². The van der Waals surface area contributed by atoms with Gasteiger partial charge in [-0.2, -0.15) is 0 Å². The predicted molar refractivity (Wildman–Crippen MR) is 149 cm³/mol. The van der Waals surface area contributed by atoms with E-state index in [1.54, 1.807) is 0 Å². The van der Waals surface area contributed by atoms with E-state index in [0.717, 1.165) is 6.42 Å². The van der Waals surface area contributed by atoms with Gasteiger partial charge in [0, 0.05) is 5.54 Å². The molecule has 0 spiro atoms. The lowest BCUT2D eigenvalue weighted by molar-refractivity contribution is 0.324. The highest BCUT2D eigenvalue weighted by Gasteiger charge is 2.21. The second-order valence-corrected chi connectivity index (χ2v) is 11.0. The molecule has 0 rings (SSSR count). The van der Waals surface area contributed by atoms with Crippen molar-refractivity contribution in [1.82, 2.24) is 0 Å². The predicted octanol–water partition coefficient (Wildman–Crippen LogP) is 11.3. The SMILES string of the molecule is CCCCCCCCCCCCCCC(N)(CC)CCCCCCCCCCCCCC. The summed E-state index contributed by atoms with van der Waals surface area (Å²) in [5.41, 5.74) is 6.88. The maximum absolute atomic E-state index is 6.76. The van der Waals surface area contributed by atoms with Crippen LogP contribution in [0.2, 0.25) is 0 Å². The van der Waals surface area contributed by atoms with Crippen LogP contribution in [0.25, 0.3) is 0 Å². The highest BCUT2D eigenvalue weighted by molar-refractivity contribution is 4.82. The van der Waals surface area contributed by atoms with Gasteiger partial charge in [0.15, 0.2) is 0 Å².